The molecule has 21 heavy (non-hydrogen) atoms. The number of rotatable bonds is 4. The zero-order valence-electron chi connectivity index (χ0n) is 11.4. The van der Waals surface area contributed by atoms with E-state index in [4.69, 9.17) is 27.9 Å². The van der Waals surface area contributed by atoms with Crippen molar-refractivity contribution in [2.75, 3.05) is 18.7 Å². The molecule has 1 amide bonds. The minimum Gasteiger partial charge on any atom is -0.496 e. The summed E-state index contributed by atoms with van der Waals surface area (Å²) in [5, 5.41) is 3.60. The molecule has 0 saturated carbocycles. The van der Waals surface area contributed by atoms with Crippen molar-refractivity contribution in [3.8, 4) is 5.75 Å². The van der Waals surface area contributed by atoms with E-state index in [0.29, 0.717) is 27.0 Å². The van der Waals surface area contributed by atoms with Crippen molar-refractivity contribution in [2.45, 2.75) is 4.90 Å². The summed E-state index contributed by atoms with van der Waals surface area (Å²) in [5.74, 6) is 0.261. The number of carbonyl (C=O) groups is 1. The van der Waals surface area contributed by atoms with E-state index in [0.717, 1.165) is 4.90 Å². The van der Waals surface area contributed by atoms with E-state index < -0.39 is 0 Å². The Bertz CT molecular complexity index is 677. The van der Waals surface area contributed by atoms with Gasteiger partial charge in [0.25, 0.3) is 5.91 Å². The van der Waals surface area contributed by atoms with E-state index in [1.807, 2.05) is 18.4 Å². The molecule has 0 aliphatic rings. The molecule has 0 saturated heterocycles. The Kier molecular flexibility index (Phi) is 5.39. The van der Waals surface area contributed by atoms with E-state index in [1.54, 1.807) is 36.0 Å². The number of thioether (sulfide) groups is 1. The molecule has 2 aromatic carbocycles. The van der Waals surface area contributed by atoms with Crippen molar-refractivity contribution >= 4 is 46.6 Å². The SMILES string of the molecule is COc1cc(SC)ccc1C(=O)Nc1ccc(Cl)c(Cl)c1. The summed E-state index contributed by atoms with van der Waals surface area (Å²) in [6.07, 6.45) is 1.96. The van der Waals surface area contributed by atoms with Gasteiger partial charge in [0.2, 0.25) is 0 Å². The Balaban J connectivity index is 2.25. The highest BCUT2D eigenvalue weighted by Gasteiger charge is 2.13. The molecule has 110 valence electrons. The van der Waals surface area contributed by atoms with E-state index in [1.165, 1.54) is 7.11 Å². The maximum absolute atomic E-state index is 12.3. The molecule has 6 heteroatoms. The van der Waals surface area contributed by atoms with Gasteiger partial charge in [-0.25, -0.2) is 0 Å². The summed E-state index contributed by atoms with van der Waals surface area (Å²) >= 11 is 13.4. The van der Waals surface area contributed by atoms with Crippen LogP contribution in [0, 0.1) is 0 Å². The number of halogens is 2. The van der Waals surface area contributed by atoms with E-state index in [9.17, 15) is 4.79 Å². The van der Waals surface area contributed by atoms with Crippen molar-refractivity contribution in [2.24, 2.45) is 0 Å². The van der Waals surface area contributed by atoms with Gasteiger partial charge in [0.1, 0.15) is 5.75 Å². The quantitative estimate of drug-likeness (QED) is 0.797. The number of anilines is 1. The summed E-state index contributed by atoms with van der Waals surface area (Å²) < 4.78 is 5.27. The number of carbonyl (C=O) groups excluding carboxylic acids is 1. The second-order valence-electron chi connectivity index (χ2n) is 4.15. The number of ether oxygens (including phenoxy) is 1. The first-order valence-electron chi connectivity index (χ1n) is 6.03. The van der Waals surface area contributed by atoms with Gasteiger partial charge in [-0.2, -0.15) is 0 Å². The summed E-state index contributed by atoms with van der Waals surface area (Å²) in [7, 11) is 1.54. The molecule has 0 radical (unpaired) electrons. The highest BCUT2D eigenvalue weighted by atomic mass is 35.5. The molecule has 0 aliphatic carbocycles. The van der Waals surface area contributed by atoms with Crippen LogP contribution in [0.5, 0.6) is 5.75 Å². The smallest absolute Gasteiger partial charge is 0.259 e. The molecule has 0 bridgehead atoms. The molecule has 0 spiro atoms. The van der Waals surface area contributed by atoms with Crippen molar-refractivity contribution in [3.63, 3.8) is 0 Å². The third-order valence-electron chi connectivity index (χ3n) is 2.83. The largest absolute Gasteiger partial charge is 0.496 e. The van der Waals surface area contributed by atoms with Crippen molar-refractivity contribution < 1.29 is 9.53 Å². The summed E-state index contributed by atoms with van der Waals surface area (Å²) in [4.78, 5) is 13.3. The third-order valence-corrected chi connectivity index (χ3v) is 4.30. The minimum absolute atomic E-state index is 0.266. The highest BCUT2D eigenvalue weighted by Crippen LogP contribution is 2.28. The van der Waals surface area contributed by atoms with Gasteiger partial charge in [0.05, 0.1) is 22.7 Å². The molecule has 0 aromatic heterocycles. The van der Waals surface area contributed by atoms with E-state index in [-0.39, 0.29) is 5.91 Å². The Morgan fingerprint density at radius 1 is 1.14 bits per heavy atom. The average Bonchev–Trinajstić information content (AvgIpc) is 2.50. The van der Waals surface area contributed by atoms with Gasteiger partial charge in [-0.1, -0.05) is 23.2 Å². The summed E-state index contributed by atoms with van der Waals surface area (Å²) in [6.45, 7) is 0. The Hall–Kier alpha value is -1.36. The normalized spacial score (nSPS) is 10.3. The Morgan fingerprint density at radius 2 is 1.90 bits per heavy atom. The van der Waals surface area contributed by atoms with Gasteiger partial charge in [-0.3, -0.25) is 4.79 Å². The van der Waals surface area contributed by atoms with Crippen LogP contribution in [0.2, 0.25) is 10.0 Å². The second-order valence-corrected chi connectivity index (χ2v) is 5.84. The lowest BCUT2D eigenvalue weighted by Crippen LogP contribution is -2.13. The zero-order valence-corrected chi connectivity index (χ0v) is 13.8. The molecule has 2 aromatic rings. The number of benzene rings is 2. The summed E-state index contributed by atoms with van der Waals surface area (Å²) in [5.41, 5.74) is 1.03. The molecule has 0 atom stereocenters. The molecule has 3 nitrogen and oxygen atoms in total. The van der Waals surface area contributed by atoms with Crippen LogP contribution in [0.15, 0.2) is 41.3 Å². The molecule has 0 aliphatic heterocycles. The van der Waals surface area contributed by atoms with Crippen LogP contribution in [0.25, 0.3) is 0 Å². The number of hydrogen-bond donors (Lipinski definition) is 1. The van der Waals surface area contributed by atoms with Crippen LogP contribution in [-0.2, 0) is 0 Å². The lowest BCUT2D eigenvalue weighted by Gasteiger charge is -2.11. The number of amides is 1. The predicted molar refractivity (Wildman–Crippen MR) is 89.2 cm³/mol. The fraction of sp³-hybridized carbons (Fsp3) is 0.133. The topological polar surface area (TPSA) is 38.3 Å². The Morgan fingerprint density at radius 3 is 2.52 bits per heavy atom. The van der Waals surface area contributed by atoms with Crippen LogP contribution in [-0.4, -0.2) is 19.3 Å². The van der Waals surface area contributed by atoms with Crippen LogP contribution < -0.4 is 10.1 Å². The van der Waals surface area contributed by atoms with Gasteiger partial charge in [0.15, 0.2) is 0 Å². The van der Waals surface area contributed by atoms with Crippen LogP contribution in [0.3, 0.4) is 0 Å². The molecule has 2 rings (SSSR count). The standard InChI is InChI=1S/C15H13Cl2NO2S/c1-20-14-8-10(21-2)4-5-11(14)15(19)18-9-3-6-12(16)13(17)7-9/h3-8H,1-2H3,(H,18,19). The fourth-order valence-corrected chi connectivity index (χ4v) is 2.49. The van der Waals surface area contributed by atoms with Gasteiger partial charge in [0, 0.05) is 10.6 Å². The van der Waals surface area contributed by atoms with Crippen molar-refractivity contribution in [1.82, 2.24) is 0 Å². The lowest BCUT2D eigenvalue weighted by atomic mass is 10.2. The maximum atomic E-state index is 12.3. The van der Waals surface area contributed by atoms with E-state index >= 15 is 0 Å². The van der Waals surface area contributed by atoms with Crippen molar-refractivity contribution in [3.05, 3.63) is 52.0 Å². The first-order valence-corrected chi connectivity index (χ1v) is 8.01. The summed E-state index contributed by atoms with van der Waals surface area (Å²) in [6, 6.07) is 10.4. The average molecular weight is 342 g/mol. The van der Waals surface area contributed by atoms with Gasteiger partial charge >= 0.3 is 0 Å². The molecule has 0 heterocycles. The molecular weight excluding hydrogens is 329 g/mol. The number of nitrogens with one attached hydrogen (secondary N) is 1. The molecule has 0 fully saturated rings. The monoisotopic (exact) mass is 341 g/mol. The van der Waals surface area contributed by atoms with Gasteiger partial charge in [-0.05, 0) is 42.7 Å². The lowest BCUT2D eigenvalue weighted by molar-refractivity contribution is 0.102. The molecule has 1 N–H and O–H groups in total. The molecule has 0 unspecified atom stereocenters. The zero-order chi connectivity index (χ0) is 15.4. The van der Waals surface area contributed by atoms with Crippen molar-refractivity contribution in [1.29, 1.82) is 0 Å². The first-order chi connectivity index (χ1) is 10.0. The van der Waals surface area contributed by atoms with Gasteiger partial charge < -0.3 is 10.1 Å². The van der Waals surface area contributed by atoms with Crippen LogP contribution >= 0.6 is 35.0 Å². The fourth-order valence-electron chi connectivity index (χ4n) is 1.76. The second kappa shape index (κ2) is 7.07. The minimum atomic E-state index is -0.266. The van der Waals surface area contributed by atoms with E-state index in [2.05, 4.69) is 5.32 Å². The van der Waals surface area contributed by atoms with Gasteiger partial charge in [-0.15, -0.1) is 11.8 Å². The van der Waals surface area contributed by atoms with Crippen LogP contribution in [0.4, 0.5) is 5.69 Å². The third kappa shape index (κ3) is 3.84. The number of hydrogen-bond acceptors (Lipinski definition) is 3. The maximum Gasteiger partial charge on any atom is 0.259 e. The number of methoxy groups -OCH3 is 1. The highest BCUT2D eigenvalue weighted by molar-refractivity contribution is 7.98. The Labute approximate surface area is 137 Å². The van der Waals surface area contributed by atoms with Crippen LogP contribution in [0.1, 0.15) is 10.4 Å². The first kappa shape index (κ1) is 16.0. The predicted octanol–water partition coefficient (Wildman–Crippen LogP) is 4.98. The molecular formula is C15H13Cl2NO2S.